The predicted molar refractivity (Wildman–Crippen MR) is 58.3 cm³/mol. The third-order valence-corrected chi connectivity index (χ3v) is 4.36. The van der Waals surface area contributed by atoms with Crippen molar-refractivity contribution in [3.8, 4) is 0 Å². The molecule has 1 heterocycles. The van der Waals surface area contributed by atoms with Crippen LogP contribution >= 0.6 is 11.3 Å². The number of aromatic nitrogens is 1. The fraction of sp³-hybridized carbons (Fsp3) is 0.727. The lowest BCUT2D eigenvalue weighted by atomic mass is 9.96. The number of thiazole rings is 1. The minimum absolute atomic E-state index is 0.176. The van der Waals surface area contributed by atoms with Gasteiger partial charge in [0.1, 0.15) is 5.01 Å². The molecule has 0 radical (unpaired) electrons. The summed E-state index contributed by atoms with van der Waals surface area (Å²) in [6.07, 6.45) is 7.38. The number of hydrogen-bond donors (Lipinski definition) is 1. The van der Waals surface area contributed by atoms with Crippen LogP contribution in [0.4, 0.5) is 0 Å². The second-order valence-electron chi connectivity index (χ2n) is 4.73. The molecule has 2 aliphatic carbocycles. The van der Waals surface area contributed by atoms with Gasteiger partial charge in [0.05, 0.1) is 5.54 Å². The average Bonchev–Trinajstić information content (AvgIpc) is 3.07. The molecule has 1 aromatic rings. The van der Waals surface area contributed by atoms with Gasteiger partial charge >= 0.3 is 0 Å². The van der Waals surface area contributed by atoms with E-state index < -0.39 is 0 Å². The average molecular weight is 208 g/mol. The maximum atomic E-state index is 4.49. The molecule has 2 nitrogen and oxygen atoms in total. The first-order chi connectivity index (χ1) is 6.79. The van der Waals surface area contributed by atoms with E-state index in [2.05, 4.69) is 22.6 Å². The van der Waals surface area contributed by atoms with Crippen LogP contribution in [0.25, 0.3) is 0 Å². The molecule has 1 N–H and O–H groups in total. The highest BCUT2D eigenvalue weighted by atomic mass is 32.1. The van der Waals surface area contributed by atoms with E-state index in [1.807, 2.05) is 6.20 Å². The van der Waals surface area contributed by atoms with E-state index in [0.29, 0.717) is 0 Å². The molecule has 1 atom stereocenters. The zero-order valence-electron chi connectivity index (χ0n) is 8.49. The van der Waals surface area contributed by atoms with Crippen molar-refractivity contribution >= 4 is 11.3 Å². The van der Waals surface area contributed by atoms with Gasteiger partial charge in [0, 0.05) is 17.6 Å². The third-order valence-electron chi connectivity index (χ3n) is 3.35. The molecule has 0 bridgehead atoms. The molecule has 0 amide bonds. The van der Waals surface area contributed by atoms with Crippen molar-refractivity contribution < 1.29 is 0 Å². The standard InChI is InChI=1S/C11H16N2S/c1-11(8-2-3-8,13-9-4-5-9)10-12-6-7-14-10/h6-9,13H,2-5H2,1H3. The van der Waals surface area contributed by atoms with Crippen molar-refractivity contribution in [2.24, 2.45) is 5.92 Å². The van der Waals surface area contributed by atoms with Crippen molar-refractivity contribution in [1.29, 1.82) is 0 Å². The molecule has 2 saturated carbocycles. The van der Waals surface area contributed by atoms with Crippen molar-refractivity contribution in [3.05, 3.63) is 16.6 Å². The smallest absolute Gasteiger partial charge is 0.113 e. The first kappa shape index (κ1) is 8.86. The van der Waals surface area contributed by atoms with Crippen molar-refractivity contribution in [1.82, 2.24) is 10.3 Å². The van der Waals surface area contributed by atoms with E-state index in [1.165, 1.54) is 30.7 Å². The summed E-state index contributed by atoms with van der Waals surface area (Å²) in [6.45, 7) is 2.34. The highest BCUT2D eigenvalue weighted by Gasteiger charge is 2.46. The maximum absolute atomic E-state index is 4.49. The molecule has 1 unspecified atom stereocenters. The molecule has 14 heavy (non-hydrogen) atoms. The van der Waals surface area contributed by atoms with Gasteiger partial charge in [-0.25, -0.2) is 4.98 Å². The van der Waals surface area contributed by atoms with Crippen molar-refractivity contribution in [2.45, 2.75) is 44.2 Å². The fourth-order valence-corrected chi connectivity index (χ4v) is 2.99. The van der Waals surface area contributed by atoms with Crippen LogP contribution in [-0.4, -0.2) is 11.0 Å². The molecule has 76 valence electrons. The molecule has 3 rings (SSSR count). The fourth-order valence-electron chi connectivity index (χ4n) is 2.15. The molecule has 0 saturated heterocycles. The van der Waals surface area contributed by atoms with Gasteiger partial charge in [-0.3, -0.25) is 0 Å². The largest absolute Gasteiger partial charge is 0.303 e. The van der Waals surface area contributed by atoms with Crippen molar-refractivity contribution in [2.75, 3.05) is 0 Å². The molecule has 2 aliphatic rings. The molecular formula is C11H16N2S. The summed E-state index contributed by atoms with van der Waals surface area (Å²) in [6, 6.07) is 0.768. The van der Waals surface area contributed by atoms with Crippen LogP contribution in [0.5, 0.6) is 0 Å². The van der Waals surface area contributed by atoms with Crippen LogP contribution in [0.2, 0.25) is 0 Å². The zero-order chi connectivity index (χ0) is 9.60. The maximum Gasteiger partial charge on any atom is 0.113 e. The minimum Gasteiger partial charge on any atom is -0.303 e. The lowest BCUT2D eigenvalue weighted by molar-refractivity contribution is 0.313. The van der Waals surface area contributed by atoms with E-state index in [9.17, 15) is 0 Å². The van der Waals surface area contributed by atoms with E-state index >= 15 is 0 Å². The monoisotopic (exact) mass is 208 g/mol. The van der Waals surface area contributed by atoms with Gasteiger partial charge in [0.25, 0.3) is 0 Å². The van der Waals surface area contributed by atoms with Crippen LogP contribution in [0.15, 0.2) is 11.6 Å². The van der Waals surface area contributed by atoms with Gasteiger partial charge in [-0.2, -0.15) is 0 Å². The summed E-state index contributed by atoms with van der Waals surface area (Å²) in [4.78, 5) is 4.49. The van der Waals surface area contributed by atoms with E-state index in [-0.39, 0.29) is 5.54 Å². The molecule has 1 aromatic heterocycles. The predicted octanol–water partition coefficient (Wildman–Crippen LogP) is 2.52. The molecule has 0 spiro atoms. The van der Waals surface area contributed by atoms with Gasteiger partial charge in [-0.1, -0.05) is 0 Å². The number of rotatable bonds is 4. The summed E-state index contributed by atoms with van der Waals surface area (Å²) in [5.41, 5.74) is 0.176. The van der Waals surface area contributed by atoms with Gasteiger partial charge in [0.2, 0.25) is 0 Å². The molecular weight excluding hydrogens is 192 g/mol. The second kappa shape index (κ2) is 3.04. The van der Waals surface area contributed by atoms with Crippen LogP contribution in [0, 0.1) is 5.92 Å². The van der Waals surface area contributed by atoms with Gasteiger partial charge in [-0.15, -0.1) is 11.3 Å². The highest BCUT2D eigenvalue weighted by Crippen LogP contribution is 2.47. The molecule has 0 aromatic carbocycles. The van der Waals surface area contributed by atoms with Crippen LogP contribution in [0.3, 0.4) is 0 Å². The van der Waals surface area contributed by atoms with Gasteiger partial charge < -0.3 is 5.32 Å². The number of hydrogen-bond acceptors (Lipinski definition) is 3. The minimum atomic E-state index is 0.176. The highest BCUT2D eigenvalue weighted by molar-refractivity contribution is 7.09. The third kappa shape index (κ3) is 1.48. The van der Waals surface area contributed by atoms with Crippen LogP contribution in [-0.2, 0) is 5.54 Å². The van der Waals surface area contributed by atoms with E-state index in [1.54, 1.807) is 11.3 Å². The quantitative estimate of drug-likeness (QED) is 0.822. The Morgan fingerprint density at radius 3 is 2.71 bits per heavy atom. The lowest BCUT2D eigenvalue weighted by Gasteiger charge is -2.29. The normalized spacial score (nSPS) is 26.1. The van der Waals surface area contributed by atoms with Gasteiger partial charge in [0.15, 0.2) is 0 Å². The molecule has 3 heteroatoms. The van der Waals surface area contributed by atoms with Crippen molar-refractivity contribution in [3.63, 3.8) is 0 Å². The lowest BCUT2D eigenvalue weighted by Crippen LogP contribution is -2.42. The first-order valence-electron chi connectivity index (χ1n) is 5.47. The summed E-state index contributed by atoms with van der Waals surface area (Å²) in [5.74, 6) is 0.828. The van der Waals surface area contributed by atoms with E-state index in [0.717, 1.165) is 12.0 Å². The summed E-state index contributed by atoms with van der Waals surface area (Å²) >= 11 is 1.79. The van der Waals surface area contributed by atoms with Crippen LogP contribution in [0.1, 0.15) is 37.6 Å². The summed E-state index contributed by atoms with van der Waals surface area (Å²) in [5, 5.41) is 7.15. The number of nitrogens with zero attached hydrogens (tertiary/aromatic N) is 1. The second-order valence-corrected chi connectivity index (χ2v) is 5.63. The Bertz CT molecular complexity index is 314. The Kier molecular flexibility index (Phi) is 1.92. The van der Waals surface area contributed by atoms with Crippen LogP contribution < -0.4 is 5.32 Å². The Morgan fingerprint density at radius 1 is 1.43 bits per heavy atom. The zero-order valence-corrected chi connectivity index (χ0v) is 9.31. The first-order valence-corrected chi connectivity index (χ1v) is 6.34. The Hall–Kier alpha value is -0.410. The summed E-state index contributed by atoms with van der Waals surface area (Å²) in [7, 11) is 0. The topological polar surface area (TPSA) is 24.9 Å². The molecule has 2 fully saturated rings. The molecule has 0 aliphatic heterocycles. The Labute approximate surface area is 88.7 Å². The van der Waals surface area contributed by atoms with E-state index in [4.69, 9.17) is 0 Å². The number of nitrogens with one attached hydrogen (secondary N) is 1. The Balaban J connectivity index is 1.85. The SMILES string of the molecule is CC(NC1CC1)(c1nccs1)C1CC1. The summed E-state index contributed by atoms with van der Waals surface area (Å²) < 4.78 is 0. The van der Waals surface area contributed by atoms with Gasteiger partial charge in [-0.05, 0) is 38.5 Å². The Morgan fingerprint density at radius 2 is 2.21 bits per heavy atom.